The summed E-state index contributed by atoms with van der Waals surface area (Å²) in [6.45, 7) is 1.84. The summed E-state index contributed by atoms with van der Waals surface area (Å²) >= 11 is 0. The number of hydrogen-bond acceptors (Lipinski definition) is 2. The van der Waals surface area contributed by atoms with Crippen molar-refractivity contribution in [1.29, 1.82) is 0 Å². The number of benzene rings is 1. The molecule has 14 heavy (non-hydrogen) atoms. The second-order valence-electron chi connectivity index (χ2n) is 3.99. The fourth-order valence-electron chi connectivity index (χ4n) is 1.79. The normalized spacial score (nSPS) is 18.2. The van der Waals surface area contributed by atoms with Gasteiger partial charge >= 0.3 is 0 Å². The van der Waals surface area contributed by atoms with Crippen molar-refractivity contribution in [2.75, 3.05) is 0 Å². The van der Waals surface area contributed by atoms with Crippen molar-refractivity contribution < 1.29 is 9.50 Å². The second-order valence-corrected chi connectivity index (χ2v) is 3.99. The van der Waals surface area contributed by atoms with Gasteiger partial charge in [0.2, 0.25) is 0 Å². The van der Waals surface area contributed by atoms with Crippen LogP contribution in [0, 0.1) is 18.7 Å². The van der Waals surface area contributed by atoms with Gasteiger partial charge in [0.1, 0.15) is 0 Å². The molecule has 1 aromatic rings. The predicted octanol–water partition coefficient (Wildman–Crippen LogP) is 2.25. The Labute approximate surface area is 82.5 Å². The van der Waals surface area contributed by atoms with Gasteiger partial charge < -0.3 is 10.8 Å². The zero-order valence-electron chi connectivity index (χ0n) is 8.13. The fraction of sp³-hybridized carbons (Fsp3) is 0.455. The Hall–Kier alpha value is -1.09. The minimum Gasteiger partial charge on any atom is -0.505 e. The van der Waals surface area contributed by atoms with Crippen LogP contribution in [0.1, 0.15) is 30.0 Å². The van der Waals surface area contributed by atoms with E-state index >= 15 is 0 Å². The third kappa shape index (κ3) is 1.48. The zero-order chi connectivity index (χ0) is 10.3. The molecule has 1 atom stereocenters. The monoisotopic (exact) mass is 195 g/mol. The van der Waals surface area contributed by atoms with Crippen molar-refractivity contribution in [3.05, 3.63) is 29.1 Å². The van der Waals surface area contributed by atoms with E-state index in [1.807, 2.05) is 6.92 Å². The largest absolute Gasteiger partial charge is 0.505 e. The summed E-state index contributed by atoms with van der Waals surface area (Å²) in [6, 6.07) is 2.71. The number of phenolic OH excluding ortho intramolecular Hbond substituents is 1. The van der Waals surface area contributed by atoms with Gasteiger partial charge in [-0.05, 0) is 37.3 Å². The molecule has 0 bridgehead atoms. The highest BCUT2D eigenvalue weighted by molar-refractivity contribution is 5.42. The van der Waals surface area contributed by atoms with Crippen LogP contribution in [0.2, 0.25) is 0 Å². The van der Waals surface area contributed by atoms with Crippen LogP contribution in [-0.2, 0) is 0 Å². The second kappa shape index (κ2) is 3.24. The highest BCUT2D eigenvalue weighted by Gasteiger charge is 2.32. The Morgan fingerprint density at radius 3 is 2.71 bits per heavy atom. The maximum atomic E-state index is 13.1. The summed E-state index contributed by atoms with van der Waals surface area (Å²) < 4.78 is 13.1. The van der Waals surface area contributed by atoms with Crippen LogP contribution in [0.25, 0.3) is 0 Å². The topological polar surface area (TPSA) is 46.2 Å². The lowest BCUT2D eigenvalue weighted by Crippen LogP contribution is -2.14. The molecule has 0 aliphatic heterocycles. The maximum Gasteiger partial charge on any atom is 0.165 e. The molecule has 0 heterocycles. The van der Waals surface area contributed by atoms with Gasteiger partial charge in [-0.25, -0.2) is 4.39 Å². The molecule has 1 aliphatic carbocycles. The third-order valence-corrected chi connectivity index (χ3v) is 2.85. The predicted molar refractivity (Wildman–Crippen MR) is 52.5 cm³/mol. The first-order chi connectivity index (χ1) is 6.61. The quantitative estimate of drug-likeness (QED) is 0.760. The Kier molecular flexibility index (Phi) is 2.19. The number of rotatable bonds is 2. The summed E-state index contributed by atoms with van der Waals surface area (Å²) in [7, 11) is 0. The minimum absolute atomic E-state index is 0.217. The van der Waals surface area contributed by atoms with Crippen LogP contribution in [0.15, 0.2) is 12.1 Å². The molecule has 0 spiro atoms. The van der Waals surface area contributed by atoms with Gasteiger partial charge in [-0.3, -0.25) is 0 Å². The molecule has 76 valence electrons. The van der Waals surface area contributed by atoms with E-state index in [-0.39, 0.29) is 11.8 Å². The van der Waals surface area contributed by atoms with E-state index in [0.717, 1.165) is 18.4 Å². The molecule has 3 N–H and O–H groups in total. The van der Waals surface area contributed by atoms with E-state index < -0.39 is 5.82 Å². The molecule has 1 saturated carbocycles. The van der Waals surface area contributed by atoms with Crippen molar-refractivity contribution in [1.82, 2.24) is 0 Å². The van der Waals surface area contributed by atoms with Crippen molar-refractivity contribution >= 4 is 0 Å². The first-order valence-corrected chi connectivity index (χ1v) is 4.85. The van der Waals surface area contributed by atoms with E-state index in [1.54, 1.807) is 6.07 Å². The van der Waals surface area contributed by atoms with Crippen LogP contribution in [0.3, 0.4) is 0 Å². The van der Waals surface area contributed by atoms with E-state index in [9.17, 15) is 9.50 Å². The number of hydrogen-bond donors (Lipinski definition) is 2. The molecule has 0 aromatic heterocycles. The summed E-state index contributed by atoms with van der Waals surface area (Å²) in [6.07, 6.45) is 2.16. The van der Waals surface area contributed by atoms with Crippen molar-refractivity contribution in [2.45, 2.75) is 25.8 Å². The van der Waals surface area contributed by atoms with Crippen LogP contribution in [0.4, 0.5) is 4.39 Å². The van der Waals surface area contributed by atoms with Gasteiger partial charge in [0.25, 0.3) is 0 Å². The summed E-state index contributed by atoms with van der Waals surface area (Å²) in [5, 5.41) is 9.57. The summed E-state index contributed by atoms with van der Waals surface area (Å²) in [4.78, 5) is 0. The SMILES string of the molecule is Cc1ccc(F)c(O)c1C(N)C1CC1. The number of phenols is 1. The average Bonchev–Trinajstić information content (AvgIpc) is 2.95. The maximum absolute atomic E-state index is 13.1. The van der Waals surface area contributed by atoms with Gasteiger partial charge in [0.05, 0.1) is 0 Å². The molecule has 1 unspecified atom stereocenters. The molecule has 2 nitrogen and oxygen atoms in total. The highest BCUT2D eigenvalue weighted by atomic mass is 19.1. The van der Waals surface area contributed by atoms with E-state index in [0.29, 0.717) is 11.5 Å². The molecule has 1 aliphatic rings. The van der Waals surface area contributed by atoms with Gasteiger partial charge in [0.15, 0.2) is 11.6 Å². The van der Waals surface area contributed by atoms with Crippen LogP contribution >= 0.6 is 0 Å². The molecule has 0 amide bonds. The molecule has 1 fully saturated rings. The lowest BCUT2D eigenvalue weighted by Gasteiger charge is -2.15. The number of nitrogens with two attached hydrogens (primary N) is 1. The minimum atomic E-state index is -0.582. The Morgan fingerprint density at radius 1 is 1.50 bits per heavy atom. The Morgan fingerprint density at radius 2 is 2.14 bits per heavy atom. The van der Waals surface area contributed by atoms with E-state index in [4.69, 9.17) is 5.73 Å². The molecule has 2 rings (SSSR count). The molecular formula is C11H14FNO. The number of aromatic hydroxyl groups is 1. The van der Waals surface area contributed by atoms with E-state index in [2.05, 4.69) is 0 Å². The first-order valence-electron chi connectivity index (χ1n) is 4.85. The van der Waals surface area contributed by atoms with Gasteiger partial charge in [0, 0.05) is 11.6 Å². The zero-order valence-corrected chi connectivity index (χ0v) is 8.13. The van der Waals surface area contributed by atoms with E-state index in [1.165, 1.54) is 6.07 Å². The fourth-order valence-corrected chi connectivity index (χ4v) is 1.79. The summed E-state index contributed by atoms with van der Waals surface area (Å²) in [5.41, 5.74) is 7.38. The Bertz CT molecular complexity index is 361. The van der Waals surface area contributed by atoms with Gasteiger partial charge in [-0.15, -0.1) is 0 Å². The molecule has 0 saturated heterocycles. The van der Waals surface area contributed by atoms with Gasteiger partial charge in [-0.2, -0.15) is 0 Å². The molecule has 1 aromatic carbocycles. The first kappa shape index (κ1) is 9.46. The lowest BCUT2D eigenvalue weighted by atomic mass is 9.97. The average molecular weight is 195 g/mol. The molecule has 3 heteroatoms. The van der Waals surface area contributed by atoms with Crippen LogP contribution in [0.5, 0.6) is 5.75 Å². The van der Waals surface area contributed by atoms with Crippen molar-refractivity contribution in [2.24, 2.45) is 11.7 Å². The molecule has 0 radical (unpaired) electrons. The van der Waals surface area contributed by atoms with Crippen molar-refractivity contribution in [3.63, 3.8) is 0 Å². The molecular weight excluding hydrogens is 181 g/mol. The smallest absolute Gasteiger partial charge is 0.165 e. The van der Waals surface area contributed by atoms with Gasteiger partial charge in [-0.1, -0.05) is 6.07 Å². The third-order valence-electron chi connectivity index (χ3n) is 2.85. The Balaban J connectivity index is 2.43. The van der Waals surface area contributed by atoms with Crippen LogP contribution in [-0.4, -0.2) is 5.11 Å². The number of halogens is 1. The highest BCUT2D eigenvalue weighted by Crippen LogP contribution is 2.43. The van der Waals surface area contributed by atoms with Crippen LogP contribution < -0.4 is 5.73 Å². The summed E-state index contributed by atoms with van der Waals surface area (Å²) in [5.74, 6) is -0.437. The number of aryl methyl sites for hydroxylation is 1. The van der Waals surface area contributed by atoms with Crippen molar-refractivity contribution in [3.8, 4) is 5.75 Å². The standard InChI is InChI=1S/C11H14FNO/c1-6-2-5-8(12)11(14)9(6)10(13)7-3-4-7/h2,5,7,10,14H,3-4,13H2,1H3. The lowest BCUT2D eigenvalue weighted by molar-refractivity contribution is 0.416.